The molecule has 0 spiro atoms. The Bertz CT molecular complexity index is 746. The van der Waals surface area contributed by atoms with Crippen molar-refractivity contribution in [3.05, 3.63) is 29.3 Å². The molecule has 0 saturated heterocycles. The highest BCUT2D eigenvalue weighted by molar-refractivity contribution is 6.07. The van der Waals surface area contributed by atoms with Gasteiger partial charge in [0.05, 0.1) is 18.1 Å². The first-order valence-electron chi connectivity index (χ1n) is 6.38. The van der Waals surface area contributed by atoms with E-state index in [-0.39, 0.29) is 22.8 Å². The normalized spacial score (nSPS) is 10.5. The van der Waals surface area contributed by atoms with Crippen LogP contribution in [0.25, 0.3) is 10.8 Å². The fraction of sp³-hybridized carbons (Fsp3) is 0.250. The van der Waals surface area contributed by atoms with Crippen LogP contribution in [0.2, 0.25) is 0 Å². The summed E-state index contributed by atoms with van der Waals surface area (Å²) in [6, 6.07) is 4.96. The number of fused-ring (bicyclic) bond motifs is 1. The topological polar surface area (TPSA) is 72.8 Å². The van der Waals surface area contributed by atoms with Crippen LogP contribution in [0.4, 0.5) is 0 Å². The Labute approximate surface area is 122 Å². The second-order valence-corrected chi connectivity index (χ2v) is 4.79. The second kappa shape index (κ2) is 5.44. The lowest BCUT2D eigenvalue weighted by Gasteiger charge is -2.14. The summed E-state index contributed by atoms with van der Waals surface area (Å²) in [5, 5.41) is 11.4. The van der Waals surface area contributed by atoms with Gasteiger partial charge in [-0.05, 0) is 30.9 Å². The van der Waals surface area contributed by atoms with E-state index in [0.717, 1.165) is 0 Å². The van der Waals surface area contributed by atoms with E-state index < -0.39 is 5.97 Å². The standard InChI is InChI=1S/C16H16O5/c1-8-5-11-6-12(20-4)7-13(21-10(3)18)15(11)16(19)14(8)9(2)17/h5-7,19H,1-4H3. The molecule has 0 atom stereocenters. The predicted octanol–water partition coefficient (Wildman–Crippen LogP) is 2.99. The molecule has 2 aromatic carbocycles. The number of ether oxygens (including phenoxy) is 2. The average Bonchev–Trinajstić information content (AvgIpc) is 2.36. The SMILES string of the molecule is COc1cc(OC(C)=O)c2c(O)c(C(C)=O)c(C)cc2c1. The van der Waals surface area contributed by atoms with Crippen LogP contribution < -0.4 is 9.47 Å². The zero-order valence-electron chi connectivity index (χ0n) is 12.3. The maximum atomic E-state index is 11.7. The van der Waals surface area contributed by atoms with Crippen LogP contribution in [-0.2, 0) is 4.79 Å². The molecule has 0 aliphatic rings. The third kappa shape index (κ3) is 2.67. The largest absolute Gasteiger partial charge is 0.506 e. The number of esters is 1. The minimum absolute atomic E-state index is 0.164. The average molecular weight is 288 g/mol. The van der Waals surface area contributed by atoms with Gasteiger partial charge in [-0.3, -0.25) is 9.59 Å². The van der Waals surface area contributed by atoms with Crippen molar-refractivity contribution in [2.45, 2.75) is 20.8 Å². The number of benzene rings is 2. The number of phenols is 1. The van der Waals surface area contributed by atoms with Gasteiger partial charge in [0, 0.05) is 13.0 Å². The number of hydrogen-bond acceptors (Lipinski definition) is 5. The Balaban J connectivity index is 2.88. The number of Topliss-reactive ketones (excluding diaryl/α,β-unsaturated/α-hetero) is 1. The lowest BCUT2D eigenvalue weighted by atomic mass is 9.97. The van der Waals surface area contributed by atoms with E-state index >= 15 is 0 Å². The van der Waals surface area contributed by atoms with Crippen LogP contribution in [0.5, 0.6) is 17.2 Å². The van der Waals surface area contributed by atoms with Gasteiger partial charge in [0.2, 0.25) is 0 Å². The predicted molar refractivity (Wildman–Crippen MR) is 78.2 cm³/mol. The van der Waals surface area contributed by atoms with Crippen LogP contribution >= 0.6 is 0 Å². The molecule has 5 nitrogen and oxygen atoms in total. The third-order valence-electron chi connectivity index (χ3n) is 3.19. The molecule has 0 saturated carbocycles. The number of ketones is 1. The van der Waals surface area contributed by atoms with Crippen LogP contribution in [0.3, 0.4) is 0 Å². The number of rotatable bonds is 3. The smallest absolute Gasteiger partial charge is 0.308 e. The fourth-order valence-electron chi connectivity index (χ4n) is 2.39. The monoisotopic (exact) mass is 288 g/mol. The Morgan fingerprint density at radius 1 is 1.14 bits per heavy atom. The first kappa shape index (κ1) is 14.8. The number of carbonyl (C=O) groups is 2. The molecule has 0 radical (unpaired) electrons. The fourth-order valence-corrected chi connectivity index (χ4v) is 2.39. The van der Waals surface area contributed by atoms with E-state index in [4.69, 9.17) is 9.47 Å². The van der Waals surface area contributed by atoms with E-state index in [1.54, 1.807) is 19.1 Å². The Morgan fingerprint density at radius 2 is 1.81 bits per heavy atom. The van der Waals surface area contributed by atoms with Crippen LogP contribution in [0.15, 0.2) is 18.2 Å². The molecule has 0 unspecified atom stereocenters. The summed E-state index contributed by atoms with van der Waals surface area (Å²) in [6.07, 6.45) is 0. The number of carbonyl (C=O) groups excluding carboxylic acids is 2. The zero-order chi connectivity index (χ0) is 15.7. The van der Waals surface area contributed by atoms with Crippen molar-refractivity contribution in [2.24, 2.45) is 0 Å². The quantitative estimate of drug-likeness (QED) is 0.534. The van der Waals surface area contributed by atoms with Gasteiger partial charge >= 0.3 is 5.97 Å². The number of hydrogen-bond donors (Lipinski definition) is 1. The molecule has 0 aliphatic heterocycles. The summed E-state index contributed by atoms with van der Waals surface area (Å²) in [4.78, 5) is 22.9. The maximum absolute atomic E-state index is 11.7. The van der Waals surface area contributed by atoms with E-state index in [2.05, 4.69) is 0 Å². The Hall–Kier alpha value is -2.56. The number of aromatic hydroxyl groups is 1. The molecule has 0 fully saturated rings. The summed E-state index contributed by atoms with van der Waals surface area (Å²) in [5.74, 6) is -0.299. The molecule has 1 N–H and O–H groups in total. The minimum Gasteiger partial charge on any atom is -0.506 e. The number of methoxy groups -OCH3 is 1. The van der Waals surface area contributed by atoms with Crippen molar-refractivity contribution in [3.63, 3.8) is 0 Å². The van der Waals surface area contributed by atoms with Crippen LogP contribution in [0.1, 0.15) is 29.8 Å². The molecular weight excluding hydrogens is 272 g/mol. The first-order valence-corrected chi connectivity index (χ1v) is 6.38. The van der Waals surface area contributed by atoms with Gasteiger partial charge in [0.25, 0.3) is 0 Å². The number of phenolic OH excluding ortho intramolecular Hbond substituents is 1. The van der Waals surface area contributed by atoms with Gasteiger partial charge in [0.15, 0.2) is 5.78 Å². The molecule has 0 aromatic heterocycles. The highest BCUT2D eigenvalue weighted by Gasteiger charge is 2.19. The van der Waals surface area contributed by atoms with E-state index in [1.807, 2.05) is 0 Å². The Morgan fingerprint density at radius 3 is 2.33 bits per heavy atom. The molecule has 0 bridgehead atoms. The van der Waals surface area contributed by atoms with Gasteiger partial charge in [-0.1, -0.05) is 6.07 Å². The van der Waals surface area contributed by atoms with Crippen molar-refractivity contribution in [3.8, 4) is 17.2 Å². The van der Waals surface area contributed by atoms with E-state index in [0.29, 0.717) is 22.1 Å². The van der Waals surface area contributed by atoms with Crippen molar-refractivity contribution in [1.29, 1.82) is 0 Å². The molecule has 0 amide bonds. The molecule has 0 heterocycles. The summed E-state index contributed by atoms with van der Waals surface area (Å²) in [5.41, 5.74) is 0.871. The molecule has 2 rings (SSSR count). The second-order valence-electron chi connectivity index (χ2n) is 4.79. The molecular formula is C16H16O5. The molecule has 2 aromatic rings. The third-order valence-corrected chi connectivity index (χ3v) is 3.19. The van der Waals surface area contributed by atoms with Gasteiger partial charge in [-0.25, -0.2) is 0 Å². The van der Waals surface area contributed by atoms with Gasteiger partial charge < -0.3 is 14.6 Å². The summed E-state index contributed by atoms with van der Waals surface area (Å²) < 4.78 is 10.3. The first-order chi connectivity index (χ1) is 9.85. The maximum Gasteiger partial charge on any atom is 0.308 e. The molecule has 21 heavy (non-hydrogen) atoms. The molecule has 5 heteroatoms. The highest BCUT2D eigenvalue weighted by Crippen LogP contribution is 2.40. The van der Waals surface area contributed by atoms with Crippen LogP contribution in [-0.4, -0.2) is 24.0 Å². The molecule has 0 aliphatic carbocycles. The van der Waals surface area contributed by atoms with Gasteiger partial charge in [-0.15, -0.1) is 0 Å². The van der Waals surface area contributed by atoms with Gasteiger partial charge in [-0.2, -0.15) is 0 Å². The lowest BCUT2D eigenvalue weighted by molar-refractivity contribution is -0.131. The van der Waals surface area contributed by atoms with Crippen LogP contribution in [0, 0.1) is 6.92 Å². The van der Waals surface area contributed by atoms with Crippen molar-refractivity contribution >= 4 is 22.5 Å². The van der Waals surface area contributed by atoms with Gasteiger partial charge in [0.1, 0.15) is 17.2 Å². The Kier molecular flexibility index (Phi) is 3.84. The van der Waals surface area contributed by atoms with Crippen molar-refractivity contribution in [2.75, 3.05) is 7.11 Å². The van der Waals surface area contributed by atoms with E-state index in [9.17, 15) is 14.7 Å². The molecule has 110 valence electrons. The highest BCUT2D eigenvalue weighted by atomic mass is 16.5. The van der Waals surface area contributed by atoms with E-state index in [1.165, 1.54) is 27.0 Å². The zero-order valence-corrected chi connectivity index (χ0v) is 12.3. The van der Waals surface area contributed by atoms with Crippen molar-refractivity contribution in [1.82, 2.24) is 0 Å². The summed E-state index contributed by atoms with van der Waals surface area (Å²) in [6.45, 7) is 4.38. The minimum atomic E-state index is -0.520. The van der Waals surface area contributed by atoms with Crippen molar-refractivity contribution < 1.29 is 24.2 Å². The summed E-state index contributed by atoms with van der Waals surface area (Å²) >= 11 is 0. The lowest BCUT2D eigenvalue weighted by Crippen LogP contribution is -2.04. The number of aryl methyl sites for hydroxylation is 1. The summed E-state index contributed by atoms with van der Waals surface area (Å²) in [7, 11) is 1.50.